The third kappa shape index (κ3) is 4.86. The van der Waals surface area contributed by atoms with Crippen LogP contribution in [0, 0.1) is 20.8 Å². The summed E-state index contributed by atoms with van der Waals surface area (Å²) in [6.45, 7) is 11.4. The fourth-order valence-corrected chi connectivity index (χ4v) is 5.06. The maximum atomic E-state index is 13.0. The molecule has 2 N–H and O–H groups in total. The Morgan fingerprint density at radius 3 is 2.50 bits per heavy atom. The van der Waals surface area contributed by atoms with E-state index in [-0.39, 0.29) is 11.8 Å². The SMILES string of the molecule is Cc1ccc(N2CCc3c(NC(=O)CCN4CCN(c5cccc(C)c5C)CC4)n[nH]c3C2=O)cc1. The Hall–Kier alpha value is -3.65. The van der Waals surface area contributed by atoms with Crippen molar-refractivity contribution >= 4 is 29.0 Å². The van der Waals surface area contributed by atoms with E-state index in [9.17, 15) is 9.59 Å². The fraction of sp³-hybridized carbons (Fsp3) is 0.393. The predicted octanol–water partition coefficient (Wildman–Crippen LogP) is 3.69. The lowest BCUT2D eigenvalue weighted by Crippen LogP contribution is -2.47. The van der Waals surface area contributed by atoms with Crippen molar-refractivity contribution in [2.24, 2.45) is 0 Å². The van der Waals surface area contributed by atoms with Gasteiger partial charge in [-0.05, 0) is 56.5 Å². The molecule has 5 rings (SSSR count). The van der Waals surface area contributed by atoms with E-state index >= 15 is 0 Å². The summed E-state index contributed by atoms with van der Waals surface area (Å²) in [5.74, 6) is 0.288. The number of carbonyl (C=O) groups is 2. The van der Waals surface area contributed by atoms with Crippen LogP contribution >= 0.6 is 0 Å². The number of amides is 2. The highest BCUT2D eigenvalue weighted by Gasteiger charge is 2.30. The average Bonchev–Trinajstić information content (AvgIpc) is 3.29. The molecule has 188 valence electrons. The second-order valence-corrected chi connectivity index (χ2v) is 9.81. The first kappa shape index (κ1) is 24.1. The molecular formula is C28H34N6O2. The molecule has 36 heavy (non-hydrogen) atoms. The van der Waals surface area contributed by atoms with Gasteiger partial charge >= 0.3 is 0 Å². The number of nitrogens with zero attached hydrogens (tertiary/aromatic N) is 4. The monoisotopic (exact) mass is 486 g/mol. The first-order chi connectivity index (χ1) is 17.4. The Kier molecular flexibility index (Phi) is 6.78. The summed E-state index contributed by atoms with van der Waals surface area (Å²) < 4.78 is 0. The van der Waals surface area contributed by atoms with Crippen molar-refractivity contribution in [3.05, 3.63) is 70.4 Å². The molecule has 1 fully saturated rings. The van der Waals surface area contributed by atoms with E-state index in [1.807, 2.05) is 31.2 Å². The van der Waals surface area contributed by atoms with Gasteiger partial charge < -0.3 is 15.1 Å². The lowest BCUT2D eigenvalue weighted by molar-refractivity contribution is -0.116. The van der Waals surface area contributed by atoms with Crippen molar-refractivity contribution in [1.82, 2.24) is 15.1 Å². The quantitative estimate of drug-likeness (QED) is 0.555. The normalized spacial score (nSPS) is 16.2. The summed E-state index contributed by atoms with van der Waals surface area (Å²) in [7, 11) is 0. The minimum absolute atomic E-state index is 0.0744. The second kappa shape index (κ2) is 10.1. The van der Waals surface area contributed by atoms with Crippen molar-refractivity contribution in [1.29, 1.82) is 0 Å². The first-order valence-electron chi connectivity index (χ1n) is 12.7. The maximum Gasteiger partial charge on any atom is 0.276 e. The number of aryl methyl sites for hydroxylation is 2. The van der Waals surface area contributed by atoms with Crippen LogP contribution in [-0.4, -0.2) is 66.2 Å². The topological polar surface area (TPSA) is 84.6 Å². The molecule has 2 aromatic carbocycles. The van der Waals surface area contributed by atoms with Gasteiger partial charge in [-0.25, -0.2) is 0 Å². The van der Waals surface area contributed by atoms with Gasteiger partial charge in [0.15, 0.2) is 5.82 Å². The zero-order valence-corrected chi connectivity index (χ0v) is 21.3. The van der Waals surface area contributed by atoms with Gasteiger partial charge in [0.25, 0.3) is 5.91 Å². The number of anilines is 3. The Balaban J connectivity index is 1.13. The van der Waals surface area contributed by atoms with Gasteiger partial charge in [-0.1, -0.05) is 29.8 Å². The first-order valence-corrected chi connectivity index (χ1v) is 12.7. The van der Waals surface area contributed by atoms with Crippen molar-refractivity contribution in [3.63, 3.8) is 0 Å². The number of benzene rings is 2. The Bertz CT molecular complexity index is 1260. The third-order valence-corrected chi connectivity index (χ3v) is 7.46. The summed E-state index contributed by atoms with van der Waals surface area (Å²) >= 11 is 0. The molecule has 0 unspecified atom stereocenters. The highest BCUT2D eigenvalue weighted by molar-refractivity contribution is 6.08. The molecule has 8 nitrogen and oxygen atoms in total. The van der Waals surface area contributed by atoms with E-state index < -0.39 is 0 Å². The number of fused-ring (bicyclic) bond motifs is 1. The molecule has 0 aliphatic carbocycles. The van der Waals surface area contributed by atoms with Gasteiger partial charge in [0.1, 0.15) is 5.69 Å². The molecular weight excluding hydrogens is 452 g/mol. The van der Waals surface area contributed by atoms with Crippen LogP contribution < -0.4 is 15.1 Å². The number of aromatic nitrogens is 2. The largest absolute Gasteiger partial charge is 0.369 e. The zero-order valence-electron chi connectivity index (χ0n) is 21.3. The van der Waals surface area contributed by atoms with Crippen molar-refractivity contribution < 1.29 is 9.59 Å². The predicted molar refractivity (Wildman–Crippen MR) is 143 cm³/mol. The van der Waals surface area contributed by atoms with Crippen molar-refractivity contribution in [2.45, 2.75) is 33.6 Å². The van der Waals surface area contributed by atoms with Crippen molar-refractivity contribution in [3.8, 4) is 0 Å². The fourth-order valence-electron chi connectivity index (χ4n) is 5.06. The number of hydrogen-bond acceptors (Lipinski definition) is 5. The molecule has 3 aromatic rings. The standard InChI is InChI=1S/C28H34N6O2/c1-19-7-9-22(10-8-19)34-14-11-23-26(28(34)36)30-31-27(23)29-25(35)12-13-32-15-17-33(18-16-32)24-6-4-5-20(2)21(24)3/h4-10H,11-18H2,1-3H3,(H2,29,30,31,35). The van der Waals surface area contributed by atoms with Crippen molar-refractivity contribution in [2.75, 3.05) is 54.4 Å². The molecule has 3 heterocycles. The summed E-state index contributed by atoms with van der Waals surface area (Å²) in [5, 5.41) is 10.0. The second-order valence-electron chi connectivity index (χ2n) is 9.81. The molecule has 0 bridgehead atoms. The van der Waals surface area contributed by atoms with Crippen LogP contribution in [0.25, 0.3) is 0 Å². The number of aromatic amines is 1. The van der Waals surface area contributed by atoms with Crippen LogP contribution in [0.1, 0.15) is 39.2 Å². The molecule has 8 heteroatoms. The van der Waals surface area contributed by atoms with E-state index in [4.69, 9.17) is 0 Å². The van der Waals surface area contributed by atoms with Gasteiger partial charge in [-0.2, -0.15) is 5.10 Å². The Labute approximate surface area is 212 Å². The van der Waals surface area contributed by atoms with Crippen LogP contribution in [0.2, 0.25) is 0 Å². The van der Waals surface area contributed by atoms with E-state index in [2.05, 4.69) is 57.4 Å². The lowest BCUT2D eigenvalue weighted by atomic mass is 10.0. The minimum Gasteiger partial charge on any atom is -0.369 e. The molecule has 0 saturated carbocycles. The molecule has 0 spiro atoms. The van der Waals surface area contributed by atoms with Gasteiger partial charge in [0.2, 0.25) is 5.91 Å². The highest BCUT2D eigenvalue weighted by atomic mass is 16.2. The van der Waals surface area contributed by atoms with Crippen LogP contribution in [0.3, 0.4) is 0 Å². The summed E-state index contributed by atoms with van der Waals surface area (Å²) in [4.78, 5) is 32.3. The lowest BCUT2D eigenvalue weighted by Gasteiger charge is -2.37. The minimum atomic E-state index is -0.116. The van der Waals surface area contributed by atoms with Gasteiger partial charge in [0, 0.05) is 62.6 Å². The summed E-state index contributed by atoms with van der Waals surface area (Å²) in [6.07, 6.45) is 1.04. The number of H-pyrrole nitrogens is 1. The van der Waals surface area contributed by atoms with E-state index in [0.29, 0.717) is 37.4 Å². The molecule has 2 aliphatic heterocycles. The molecule has 2 aliphatic rings. The van der Waals surface area contributed by atoms with Gasteiger partial charge in [-0.15, -0.1) is 0 Å². The zero-order chi connectivity index (χ0) is 25.2. The molecule has 2 amide bonds. The Morgan fingerprint density at radius 2 is 1.75 bits per heavy atom. The van der Waals surface area contributed by atoms with Crippen LogP contribution in [0.15, 0.2) is 42.5 Å². The Morgan fingerprint density at radius 1 is 1.00 bits per heavy atom. The third-order valence-electron chi connectivity index (χ3n) is 7.46. The summed E-state index contributed by atoms with van der Waals surface area (Å²) in [5.41, 5.74) is 7.24. The van der Waals surface area contributed by atoms with Crippen LogP contribution in [0.5, 0.6) is 0 Å². The number of hydrogen-bond donors (Lipinski definition) is 2. The van der Waals surface area contributed by atoms with Crippen LogP contribution in [0.4, 0.5) is 17.2 Å². The van der Waals surface area contributed by atoms with E-state index in [0.717, 1.165) is 43.0 Å². The summed E-state index contributed by atoms with van der Waals surface area (Å²) in [6, 6.07) is 14.4. The number of carbonyl (C=O) groups excluding carboxylic acids is 2. The number of nitrogens with one attached hydrogen (secondary N) is 2. The van der Waals surface area contributed by atoms with Crippen LogP contribution in [-0.2, 0) is 11.2 Å². The van der Waals surface area contributed by atoms with Gasteiger partial charge in [-0.3, -0.25) is 19.6 Å². The van der Waals surface area contributed by atoms with E-state index in [1.165, 1.54) is 16.8 Å². The highest BCUT2D eigenvalue weighted by Crippen LogP contribution is 2.28. The molecule has 1 aromatic heterocycles. The number of rotatable bonds is 6. The number of piperazine rings is 1. The molecule has 0 radical (unpaired) electrons. The molecule has 1 saturated heterocycles. The van der Waals surface area contributed by atoms with Gasteiger partial charge in [0.05, 0.1) is 0 Å². The molecule has 0 atom stereocenters. The van der Waals surface area contributed by atoms with E-state index in [1.54, 1.807) is 4.90 Å². The average molecular weight is 487 g/mol. The smallest absolute Gasteiger partial charge is 0.276 e. The maximum absolute atomic E-state index is 13.0.